The van der Waals surface area contributed by atoms with Crippen LogP contribution in [-0.4, -0.2) is 25.1 Å². The van der Waals surface area contributed by atoms with Crippen molar-refractivity contribution in [2.45, 2.75) is 38.1 Å². The summed E-state index contributed by atoms with van der Waals surface area (Å²) >= 11 is 3.53. The Morgan fingerprint density at radius 2 is 2.29 bits per heavy atom. The van der Waals surface area contributed by atoms with Crippen molar-refractivity contribution in [2.24, 2.45) is 0 Å². The second kappa shape index (κ2) is 5.39. The van der Waals surface area contributed by atoms with Crippen molar-refractivity contribution >= 4 is 15.9 Å². The number of aryl methyl sites for hydroxylation is 1. The van der Waals surface area contributed by atoms with Gasteiger partial charge in [0.25, 0.3) is 0 Å². The van der Waals surface area contributed by atoms with Crippen molar-refractivity contribution in [2.75, 3.05) is 0 Å². The molecule has 2 aromatic heterocycles. The van der Waals surface area contributed by atoms with Crippen LogP contribution in [0.2, 0.25) is 0 Å². The van der Waals surface area contributed by atoms with Gasteiger partial charge in [0.15, 0.2) is 5.82 Å². The lowest BCUT2D eigenvalue weighted by Gasteiger charge is -1.98. The Hall–Kier alpha value is -1.24. The molecule has 2 heterocycles. The summed E-state index contributed by atoms with van der Waals surface area (Å²) in [6, 6.07) is 0. The maximum Gasteiger partial charge on any atom is 0.248 e. The average molecular weight is 300 g/mol. The summed E-state index contributed by atoms with van der Waals surface area (Å²) in [7, 11) is 0. The first-order valence-corrected chi connectivity index (χ1v) is 6.50. The van der Waals surface area contributed by atoms with Gasteiger partial charge in [-0.25, -0.2) is 4.68 Å². The van der Waals surface area contributed by atoms with E-state index in [0.29, 0.717) is 18.3 Å². The molecule has 2 rings (SSSR count). The summed E-state index contributed by atoms with van der Waals surface area (Å²) in [4.78, 5) is 4.46. The van der Waals surface area contributed by atoms with Crippen LogP contribution in [0.5, 0.6) is 0 Å². The zero-order chi connectivity index (χ0) is 12.3. The summed E-state index contributed by atoms with van der Waals surface area (Å²) in [5.41, 5.74) is 0.919. The highest BCUT2D eigenvalue weighted by Crippen LogP contribution is 2.23. The highest BCUT2D eigenvalue weighted by atomic mass is 79.9. The molecule has 1 atom stereocenters. The molecular formula is C10H14BrN5O. The van der Waals surface area contributed by atoms with Gasteiger partial charge in [0.05, 0.1) is 16.7 Å². The monoisotopic (exact) mass is 299 g/mol. The molecule has 92 valence electrons. The van der Waals surface area contributed by atoms with Gasteiger partial charge in [-0.2, -0.15) is 4.98 Å². The van der Waals surface area contributed by atoms with Crippen LogP contribution in [0.1, 0.15) is 42.5 Å². The van der Waals surface area contributed by atoms with E-state index in [4.69, 9.17) is 4.52 Å². The molecule has 0 radical (unpaired) electrons. The molecule has 2 aromatic rings. The number of halogens is 1. The lowest BCUT2D eigenvalue weighted by molar-refractivity contribution is 0.360. The summed E-state index contributed by atoms with van der Waals surface area (Å²) in [6.07, 6.45) is 3.63. The molecule has 0 amide bonds. The van der Waals surface area contributed by atoms with Gasteiger partial charge in [0.2, 0.25) is 5.89 Å². The van der Waals surface area contributed by atoms with Crippen LogP contribution in [0, 0.1) is 0 Å². The summed E-state index contributed by atoms with van der Waals surface area (Å²) in [5.74, 6) is 1.27. The van der Waals surface area contributed by atoms with Crippen LogP contribution in [0.15, 0.2) is 10.7 Å². The fraction of sp³-hybridized carbons (Fsp3) is 0.600. The first-order chi connectivity index (χ1) is 8.22. The van der Waals surface area contributed by atoms with Crippen molar-refractivity contribution < 1.29 is 4.52 Å². The SMILES string of the molecule is CCc1noc(Cn2cc(C(Br)CC)nn2)n1. The number of nitrogens with zero attached hydrogens (tertiary/aromatic N) is 5. The Kier molecular flexibility index (Phi) is 3.88. The van der Waals surface area contributed by atoms with Crippen LogP contribution in [-0.2, 0) is 13.0 Å². The first-order valence-electron chi connectivity index (χ1n) is 5.58. The molecule has 0 aliphatic carbocycles. The van der Waals surface area contributed by atoms with Crippen LogP contribution in [0.4, 0.5) is 0 Å². The van der Waals surface area contributed by atoms with Crippen molar-refractivity contribution in [3.8, 4) is 0 Å². The summed E-state index contributed by atoms with van der Waals surface area (Å²) in [6.45, 7) is 4.53. The molecule has 7 heteroatoms. The van der Waals surface area contributed by atoms with Gasteiger partial charge in [0.1, 0.15) is 6.54 Å². The van der Waals surface area contributed by atoms with Gasteiger partial charge in [-0.1, -0.05) is 40.1 Å². The predicted molar refractivity (Wildman–Crippen MR) is 64.8 cm³/mol. The van der Waals surface area contributed by atoms with Crippen LogP contribution >= 0.6 is 15.9 Å². The van der Waals surface area contributed by atoms with E-state index in [0.717, 1.165) is 18.5 Å². The topological polar surface area (TPSA) is 69.6 Å². The highest BCUT2D eigenvalue weighted by Gasteiger charge is 2.11. The molecule has 0 aromatic carbocycles. The molecular weight excluding hydrogens is 286 g/mol. The van der Waals surface area contributed by atoms with Crippen molar-refractivity contribution in [3.63, 3.8) is 0 Å². The normalized spacial score (nSPS) is 12.9. The largest absolute Gasteiger partial charge is 0.337 e. The van der Waals surface area contributed by atoms with Crippen LogP contribution in [0.25, 0.3) is 0 Å². The van der Waals surface area contributed by atoms with E-state index in [1.165, 1.54) is 0 Å². The zero-order valence-corrected chi connectivity index (χ0v) is 11.4. The van der Waals surface area contributed by atoms with Gasteiger partial charge < -0.3 is 4.52 Å². The number of rotatable bonds is 5. The molecule has 0 fully saturated rings. The number of hydrogen-bond donors (Lipinski definition) is 0. The lowest BCUT2D eigenvalue weighted by Crippen LogP contribution is -2.00. The molecule has 0 aliphatic heterocycles. The Morgan fingerprint density at radius 3 is 2.94 bits per heavy atom. The van der Waals surface area contributed by atoms with Gasteiger partial charge >= 0.3 is 0 Å². The van der Waals surface area contributed by atoms with E-state index >= 15 is 0 Å². The van der Waals surface area contributed by atoms with E-state index in [9.17, 15) is 0 Å². The summed E-state index contributed by atoms with van der Waals surface area (Å²) in [5, 5.41) is 11.9. The Balaban J connectivity index is 2.06. The fourth-order valence-corrected chi connectivity index (χ4v) is 1.59. The zero-order valence-electron chi connectivity index (χ0n) is 9.80. The molecule has 0 saturated carbocycles. The Morgan fingerprint density at radius 1 is 1.47 bits per heavy atom. The standard InChI is InChI=1S/C10H14BrN5O/c1-3-7(11)8-5-16(15-13-8)6-10-12-9(4-2)14-17-10/h5,7H,3-4,6H2,1-2H3. The second-order valence-electron chi connectivity index (χ2n) is 3.67. The second-order valence-corrected chi connectivity index (χ2v) is 4.78. The van der Waals surface area contributed by atoms with Crippen molar-refractivity contribution in [1.29, 1.82) is 0 Å². The smallest absolute Gasteiger partial charge is 0.248 e. The fourth-order valence-electron chi connectivity index (χ4n) is 1.38. The Bertz CT molecular complexity index is 481. The maximum absolute atomic E-state index is 5.09. The van der Waals surface area contributed by atoms with E-state index < -0.39 is 0 Å². The molecule has 1 unspecified atom stereocenters. The minimum Gasteiger partial charge on any atom is -0.337 e. The predicted octanol–water partition coefficient (Wildman–Crippen LogP) is 2.12. The molecule has 0 spiro atoms. The molecule has 0 bridgehead atoms. The first kappa shape index (κ1) is 12.2. The average Bonchev–Trinajstić information content (AvgIpc) is 2.97. The van der Waals surface area contributed by atoms with Gasteiger partial charge in [-0.05, 0) is 6.42 Å². The number of hydrogen-bond acceptors (Lipinski definition) is 5. The van der Waals surface area contributed by atoms with Crippen molar-refractivity contribution in [1.82, 2.24) is 25.1 Å². The van der Waals surface area contributed by atoms with E-state index in [1.807, 2.05) is 13.1 Å². The minimum atomic E-state index is 0.241. The third-order valence-electron chi connectivity index (χ3n) is 2.36. The van der Waals surface area contributed by atoms with E-state index in [2.05, 4.69) is 43.3 Å². The van der Waals surface area contributed by atoms with Crippen LogP contribution < -0.4 is 0 Å². The van der Waals surface area contributed by atoms with E-state index in [1.54, 1.807) is 4.68 Å². The van der Waals surface area contributed by atoms with Crippen molar-refractivity contribution in [3.05, 3.63) is 23.6 Å². The third-order valence-corrected chi connectivity index (χ3v) is 3.48. The molecule has 0 saturated heterocycles. The molecule has 6 nitrogen and oxygen atoms in total. The highest BCUT2D eigenvalue weighted by molar-refractivity contribution is 9.09. The molecule has 0 N–H and O–H groups in total. The quantitative estimate of drug-likeness (QED) is 0.791. The summed E-state index contributed by atoms with van der Waals surface area (Å²) < 4.78 is 6.79. The Labute approximate surface area is 108 Å². The number of alkyl halides is 1. The molecule has 17 heavy (non-hydrogen) atoms. The van der Waals surface area contributed by atoms with Gasteiger partial charge in [-0.3, -0.25) is 0 Å². The lowest BCUT2D eigenvalue weighted by atomic mass is 10.3. The van der Waals surface area contributed by atoms with E-state index in [-0.39, 0.29) is 4.83 Å². The van der Waals surface area contributed by atoms with Gasteiger partial charge in [-0.15, -0.1) is 5.10 Å². The van der Waals surface area contributed by atoms with Gasteiger partial charge in [0, 0.05) is 6.42 Å². The number of aromatic nitrogens is 5. The van der Waals surface area contributed by atoms with Crippen LogP contribution in [0.3, 0.4) is 0 Å². The minimum absolute atomic E-state index is 0.241. The third kappa shape index (κ3) is 2.91. The maximum atomic E-state index is 5.09. The molecule has 0 aliphatic rings.